The molecule has 1 aromatic heterocycles. The Morgan fingerprint density at radius 1 is 1.33 bits per heavy atom. The Balaban J connectivity index is 2.01. The van der Waals surface area contributed by atoms with Gasteiger partial charge in [-0.05, 0) is 42.5 Å². The number of nitrogen functional groups attached to an aromatic ring is 1. The summed E-state index contributed by atoms with van der Waals surface area (Å²) >= 11 is 4.90. The van der Waals surface area contributed by atoms with E-state index < -0.39 is 10.0 Å². The van der Waals surface area contributed by atoms with Crippen molar-refractivity contribution in [3.8, 4) is 0 Å². The average molecular weight is 387 g/mol. The van der Waals surface area contributed by atoms with Crippen molar-refractivity contribution in [2.24, 2.45) is 0 Å². The lowest BCUT2D eigenvalue weighted by Gasteiger charge is -2.24. The van der Waals surface area contributed by atoms with Crippen LogP contribution in [0.25, 0.3) is 0 Å². The summed E-state index contributed by atoms with van der Waals surface area (Å²) in [6, 6.07) is 8.78. The Hall–Kier alpha value is -0.890. The fourth-order valence-electron chi connectivity index (χ4n) is 2.67. The molecule has 1 fully saturated rings. The van der Waals surface area contributed by atoms with Gasteiger partial charge in [-0.1, -0.05) is 22.0 Å². The van der Waals surface area contributed by atoms with E-state index in [0.717, 1.165) is 22.2 Å². The second kappa shape index (κ2) is 5.72. The van der Waals surface area contributed by atoms with E-state index in [1.165, 1.54) is 0 Å². The maximum Gasteiger partial charge on any atom is 0.245 e. The lowest BCUT2D eigenvalue weighted by Crippen LogP contribution is -2.30. The summed E-state index contributed by atoms with van der Waals surface area (Å²) in [6.07, 6.45) is 1.73. The first kappa shape index (κ1) is 15.0. The minimum Gasteiger partial charge on any atom is -0.398 e. The third-order valence-corrected chi connectivity index (χ3v) is 7.08. The maximum atomic E-state index is 12.9. The van der Waals surface area contributed by atoms with Crippen LogP contribution in [0.1, 0.15) is 23.8 Å². The molecular formula is C14H15BrN2O2S2. The van der Waals surface area contributed by atoms with Crippen molar-refractivity contribution in [1.29, 1.82) is 0 Å². The van der Waals surface area contributed by atoms with Gasteiger partial charge >= 0.3 is 0 Å². The molecule has 21 heavy (non-hydrogen) atoms. The van der Waals surface area contributed by atoms with Crippen molar-refractivity contribution in [1.82, 2.24) is 4.31 Å². The summed E-state index contributed by atoms with van der Waals surface area (Å²) in [5, 5.41) is 1.98. The normalized spacial score (nSPS) is 20.0. The lowest BCUT2D eigenvalue weighted by molar-refractivity contribution is 0.401. The molecule has 3 rings (SSSR count). The SMILES string of the molecule is Nc1cc(Br)ccc1S(=O)(=O)N1CCCC1c1cccs1. The van der Waals surface area contributed by atoms with Crippen molar-refractivity contribution < 1.29 is 8.42 Å². The smallest absolute Gasteiger partial charge is 0.245 e. The predicted molar refractivity (Wildman–Crippen MR) is 88.7 cm³/mol. The van der Waals surface area contributed by atoms with Crippen LogP contribution in [0.3, 0.4) is 0 Å². The monoisotopic (exact) mass is 386 g/mol. The summed E-state index contributed by atoms with van der Waals surface area (Å²) in [4.78, 5) is 1.28. The van der Waals surface area contributed by atoms with Gasteiger partial charge in [0.05, 0.1) is 11.7 Å². The Bertz CT molecular complexity index is 744. The van der Waals surface area contributed by atoms with Gasteiger partial charge in [0.25, 0.3) is 0 Å². The molecule has 0 saturated carbocycles. The molecule has 0 radical (unpaired) electrons. The molecule has 2 N–H and O–H groups in total. The number of nitrogens with zero attached hydrogens (tertiary/aromatic N) is 1. The van der Waals surface area contributed by atoms with E-state index in [1.54, 1.807) is 33.8 Å². The average Bonchev–Trinajstić information content (AvgIpc) is 3.09. The summed E-state index contributed by atoms with van der Waals surface area (Å²) in [7, 11) is -3.57. The summed E-state index contributed by atoms with van der Waals surface area (Å²) in [5.74, 6) is 0. The molecule has 0 amide bonds. The van der Waals surface area contributed by atoms with Crippen LogP contribution < -0.4 is 5.73 Å². The third kappa shape index (κ3) is 2.75. The standard InChI is InChI=1S/C14H15BrN2O2S2/c15-10-5-6-14(11(16)9-10)21(18,19)17-7-1-3-12(17)13-4-2-8-20-13/h2,4-6,8-9,12H,1,3,7,16H2. The number of benzene rings is 1. The molecule has 2 aromatic rings. The Kier molecular flexibility index (Phi) is 4.09. The van der Waals surface area contributed by atoms with Crippen LogP contribution in [0, 0.1) is 0 Å². The van der Waals surface area contributed by atoms with Gasteiger partial charge in [0.2, 0.25) is 10.0 Å². The molecule has 1 aliphatic heterocycles. The first-order chi connectivity index (χ1) is 10.00. The highest BCUT2D eigenvalue weighted by Gasteiger charge is 2.37. The van der Waals surface area contributed by atoms with Crippen LogP contribution in [0.4, 0.5) is 5.69 Å². The number of thiophene rings is 1. The predicted octanol–water partition coefficient (Wildman–Crippen LogP) is 3.62. The molecule has 1 saturated heterocycles. The summed E-state index contributed by atoms with van der Waals surface area (Å²) in [6.45, 7) is 0.542. The molecule has 1 aromatic carbocycles. The zero-order valence-electron chi connectivity index (χ0n) is 11.2. The zero-order chi connectivity index (χ0) is 15.0. The van der Waals surface area contributed by atoms with Crippen LogP contribution in [0.2, 0.25) is 0 Å². The number of anilines is 1. The van der Waals surface area contributed by atoms with Crippen molar-refractivity contribution in [3.63, 3.8) is 0 Å². The largest absolute Gasteiger partial charge is 0.398 e. The van der Waals surface area contributed by atoms with Crippen LogP contribution in [0.5, 0.6) is 0 Å². The highest BCUT2D eigenvalue weighted by atomic mass is 79.9. The quantitative estimate of drug-likeness (QED) is 0.819. The Labute approximate surface area is 136 Å². The number of hydrogen-bond acceptors (Lipinski definition) is 4. The van der Waals surface area contributed by atoms with Crippen molar-refractivity contribution in [2.75, 3.05) is 12.3 Å². The second-order valence-corrected chi connectivity index (χ2v) is 8.73. The van der Waals surface area contributed by atoms with Gasteiger partial charge in [-0.15, -0.1) is 11.3 Å². The van der Waals surface area contributed by atoms with E-state index in [2.05, 4.69) is 15.9 Å². The van der Waals surface area contributed by atoms with E-state index in [0.29, 0.717) is 6.54 Å². The first-order valence-electron chi connectivity index (χ1n) is 6.60. The molecule has 0 aliphatic carbocycles. The molecule has 1 aliphatic rings. The topological polar surface area (TPSA) is 63.4 Å². The fourth-order valence-corrected chi connectivity index (χ4v) is 5.77. The van der Waals surface area contributed by atoms with Gasteiger partial charge in [-0.25, -0.2) is 8.42 Å². The van der Waals surface area contributed by atoms with Crippen molar-refractivity contribution in [3.05, 3.63) is 45.1 Å². The summed E-state index contributed by atoms with van der Waals surface area (Å²) in [5.41, 5.74) is 6.18. The molecular weight excluding hydrogens is 372 g/mol. The molecule has 0 bridgehead atoms. The highest BCUT2D eigenvalue weighted by molar-refractivity contribution is 9.10. The minimum absolute atomic E-state index is 0.0713. The van der Waals surface area contributed by atoms with Crippen LogP contribution >= 0.6 is 27.3 Å². The van der Waals surface area contributed by atoms with Gasteiger partial charge in [-0.3, -0.25) is 0 Å². The number of hydrogen-bond donors (Lipinski definition) is 1. The highest BCUT2D eigenvalue weighted by Crippen LogP contribution is 2.39. The maximum absolute atomic E-state index is 12.9. The van der Waals surface area contributed by atoms with Crippen molar-refractivity contribution >= 4 is 43.0 Å². The number of sulfonamides is 1. The zero-order valence-corrected chi connectivity index (χ0v) is 14.4. The van der Waals surface area contributed by atoms with E-state index in [9.17, 15) is 8.42 Å². The Morgan fingerprint density at radius 3 is 2.81 bits per heavy atom. The van der Waals surface area contributed by atoms with E-state index in [-0.39, 0.29) is 16.6 Å². The third-order valence-electron chi connectivity index (χ3n) is 3.63. The molecule has 1 unspecified atom stereocenters. The van der Waals surface area contributed by atoms with Gasteiger partial charge < -0.3 is 5.73 Å². The van der Waals surface area contributed by atoms with E-state index >= 15 is 0 Å². The molecule has 112 valence electrons. The van der Waals surface area contributed by atoms with E-state index in [4.69, 9.17) is 5.73 Å². The summed E-state index contributed by atoms with van der Waals surface area (Å²) < 4.78 is 28.2. The molecule has 0 spiro atoms. The molecule has 2 heterocycles. The van der Waals surface area contributed by atoms with Gasteiger partial charge in [0, 0.05) is 15.9 Å². The van der Waals surface area contributed by atoms with Crippen LogP contribution in [-0.4, -0.2) is 19.3 Å². The Morgan fingerprint density at radius 2 is 2.14 bits per heavy atom. The fraction of sp³-hybridized carbons (Fsp3) is 0.286. The van der Waals surface area contributed by atoms with Crippen LogP contribution in [-0.2, 0) is 10.0 Å². The minimum atomic E-state index is -3.57. The number of halogens is 1. The lowest BCUT2D eigenvalue weighted by atomic mass is 10.2. The second-order valence-electron chi connectivity index (χ2n) is 4.97. The van der Waals surface area contributed by atoms with Gasteiger partial charge in [0.1, 0.15) is 4.90 Å². The van der Waals surface area contributed by atoms with Crippen LogP contribution in [0.15, 0.2) is 45.1 Å². The van der Waals surface area contributed by atoms with Crippen molar-refractivity contribution in [2.45, 2.75) is 23.8 Å². The number of nitrogens with two attached hydrogens (primary N) is 1. The molecule has 7 heteroatoms. The molecule has 4 nitrogen and oxygen atoms in total. The van der Waals surface area contributed by atoms with Gasteiger partial charge in [-0.2, -0.15) is 4.31 Å². The molecule has 1 atom stereocenters. The number of rotatable bonds is 3. The first-order valence-corrected chi connectivity index (χ1v) is 9.71. The van der Waals surface area contributed by atoms with Gasteiger partial charge in [0.15, 0.2) is 0 Å². The van der Waals surface area contributed by atoms with E-state index in [1.807, 2.05) is 17.5 Å².